The summed E-state index contributed by atoms with van der Waals surface area (Å²) in [5, 5.41) is 6.47. The summed E-state index contributed by atoms with van der Waals surface area (Å²) in [6.07, 6.45) is 0.247. The van der Waals surface area contributed by atoms with Gasteiger partial charge in [0.2, 0.25) is 5.91 Å². The predicted molar refractivity (Wildman–Crippen MR) is 110 cm³/mol. The third kappa shape index (κ3) is 5.28. The van der Waals surface area contributed by atoms with Crippen molar-refractivity contribution in [3.63, 3.8) is 0 Å². The minimum atomic E-state index is -0.144. The molecule has 0 aliphatic rings. The van der Waals surface area contributed by atoms with Crippen LogP contribution in [-0.4, -0.2) is 18.4 Å². The summed E-state index contributed by atoms with van der Waals surface area (Å²) in [6, 6.07) is 19.6. The van der Waals surface area contributed by atoms with Crippen LogP contribution in [0.4, 0.5) is 5.69 Å². The number of carbonyl (C=O) groups is 2. The summed E-state index contributed by atoms with van der Waals surface area (Å²) in [6.45, 7) is 2.83. The minimum absolute atomic E-state index is 0.0201. The van der Waals surface area contributed by atoms with E-state index in [1.165, 1.54) is 11.3 Å². The standard InChI is InChI=1S/C22H22N2O2S/c1-17-7-9-20(10-8-17)24(15-18-5-3-2-4-6-18)21(25)11-13-23-22(26)19-12-14-27-16-19/h2-10,12,14,16H,11,13,15H2,1H3,(H,23,26). The van der Waals surface area contributed by atoms with Gasteiger partial charge in [-0.3, -0.25) is 9.59 Å². The molecule has 0 saturated carbocycles. The molecule has 0 bridgehead atoms. The second-order valence-electron chi connectivity index (χ2n) is 6.32. The molecule has 4 nitrogen and oxygen atoms in total. The Balaban J connectivity index is 1.66. The zero-order valence-corrected chi connectivity index (χ0v) is 16.0. The van der Waals surface area contributed by atoms with Crippen LogP contribution in [0.3, 0.4) is 0 Å². The molecule has 0 saturated heterocycles. The van der Waals surface area contributed by atoms with Gasteiger partial charge in [-0.15, -0.1) is 0 Å². The fourth-order valence-corrected chi connectivity index (χ4v) is 3.36. The van der Waals surface area contributed by atoms with Crippen LogP contribution in [0.15, 0.2) is 71.4 Å². The average molecular weight is 378 g/mol. The SMILES string of the molecule is Cc1ccc(N(Cc2ccccc2)C(=O)CCNC(=O)c2ccsc2)cc1. The number of amides is 2. The highest BCUT2D eigenvalue weighted by molar-refractivity contribution is 7.08. The lowest BCUT2D eigenvalue weighted by Crippen LogP contribution is -2.34. The van der Waals surface area contributed by atoms with E-state index < -0.39 is 0 Å². The van der Waals surface area contributed by atoms with E-state index in [9.17, 15) is 9.59 Å². The van der Waals surface area contributed by atoms with E-state index >= 15 is 0 Å². The highest BCUT2D eigenvalue weighted by Crippen LogP contribution is 2.19. The van der Waals surface area contributed by atoms with Crippen LogP contribution in [0, 0.1) is 6.92 Å². The normalized spacial score (nSPS) is 10.4. The van der Waals surface area contributed by atoms with Gasteiger partial charge in [-0.2, -0.15) is 11.3 Å². The summed E-state index contributed by atoms with van der Waals surface area (Å²) in [7, 11) is 0. The third-order valence-corrected chi connectivity index (χ3v) is 4.92. The van der Waals surface area contributed by atoms with E-state index in [0.29, 0.717) is 18.7 Å². The van der Waals surface area contributed by atoms with Gasteiger partial charge in [0.1, 0.15) is 0 Å². The molecule has 0 radical (unpaired) electrons. The highest BCUT2D eigenvalue weighted by Gasteiger charge is 2.16. The molecule has 0 atom stereocenters. The first-order chi connectivity index (χ1) is 13.1. The second kappa shape index (κ2) is 9.14. The summed E-state index contributed by atoms with van der Waals surface area (Å²) in [4.78, 5) is 26.7. The van der Waals surface area contributed by atoms with Crippen LogP contribution in [-0.2, 0) is 11.3 Å². The minimum Gasteiger partial charge on any atom is -0.351 e. The van der Waals surface area contributed by atoms with Crippen molar-refractivity contribution in [2.24, 2.45) is 0 Å². The Morgan fingerprint density at radius 1 is 1.00 bits per heavy atom. The molecule has 0 spiro atoms. The first-order valence-electron chi connectivity index (χ1n) is 8.85. The maximum Gasteiger partial charge on any atom is 0.252 e. The number of nitrogens with one attached hydrogen (secondary N) is 1. The zero-order chi connectivity index (χ0) is 19.1. The molecular formula is C22H22N2O2S. The summed E-state index contributed by atoms with van der Waals surface area (Å²) >= 11 is 1.48. The van der Waals surface area contributed by atoms with Crippen molar-refractivity contribution >= 4 is 28.8 Å². The van der Waals surface area contributed by atoms with Crippen molar-refractivity contribution < 1.29 is 9.59 Å². The Hall–Kier alpha value is -2.92. The lowest BCUT2D eigenvalue weighted by Gasteiger charge is -2.23. The number of hydrogen-bond acceptors (Lipinski definition) is 3. The molecule has 138 valence electrons. The monoisotopic (exact) mass is 378 g/mol. The Kier molecular flexibility index (Phi) is 6.39. The number of thiophene rings is 1. The zero-order valence-electron chi connectivity index (χ0n) is 15.2. The third-order valence-electron chi connectivity index (χ3n) is 4.24. The van der Waals surface area contributed by atoms with Gasteiger partial charge < -0.3 is 10.2 Å². The molecule has 2 amide bonds. The van der Waals surface area contributed by atoms with E-state index in [1.54, 1.807) is 16.3 Å². The fourth-order valence-electron chi connectivity index (χ4n) is 2.73. The van der Waals surface area contributed by atoms with Gasteiger partial charge in [0, 0.05) is 29.6 Å². The topological polar surface area (TPSA) is 49.4 Å². The highest BCUT2D eigenvalue weighted by atomic mass is 32.1. The van der Waals surface area contributed by atoms with E-state index in [-0.39, 0.29) is 18.2 Å². The molecule has 5 heteroatoms. The van der Waals surface area contributed by atoms with Crippen molar-refractivity contribution in [2.45, 2.75) is 19.9 Å². The number of carbonyl (C=O) groups excluding carboxylic acids is 2. The molecule has 2 aromatic carbocycles. The van der Waals surface area contributed by atoms with Gasteiger partial charge in [-0.05, 0) is 36.1 Å². The fraction of sp³-hybridized carbons (Fsp3) is 0.182. The molecule has 0 aliphatic carbocycles. The second-order valence-corrected chi connectivity index (χ2v) is 7.10. The molecular weight excluding hydrogens is 356 g/mol. The molecule has 1 heterocycles. The summed E-state index contributed by atoms with van der Waals surface area (Å²) in [5.41, 5.74) is 3.70. The smallest absolute Gasteiger partial charge is 0.252 e. The van der Waals surface area contributed by atoms with E-state index in [0.717, 1.165) is 16.8 Å². The summed E-state index contributed by atoms with van der Waals surface area (Å²) < 4.78 is 0. The van der Waals surface area contributed by atoms with Crippen LogP contribution >= 0.6 is 11.3 Å². The Morgan fingerprint density at radius 2 is 1.74 bits per heavy atom. The molecule has 0 aliphatic heterocycles. The molecule has 0 fully saturated rings. The van der Waals surface area contributed by atoms with Crippen molar-refractivity contribution in [2.75, 3.05) is 11.4 Å². The van der Waals surface area contributed by atoms with Gasteiger partial charge >= 0.3 is 0 Å². The van der Waals surface area contributed by atoms with Crippen LogP contribution < -0.4 is 10.2 Å². The largest absolute Gasteiger partial charge is 0.351 e. The van der Waals surface area contributed by atoms with Gasteiger partial charge in [0.15, 0.2) is 0 Å². The Bertz CT molecular complexity index is 874. The Labute approximate surface area is 163 Å². The van der Waals surface area contributed by atoms with Crippen molar-refractivity contribution in [1.82, 2.24) is 5.32 Å². The predicted octanol–water partition coefficient (Wildman–Crippen LogP) is 4.41. The molecule has 1 aromatic heterocycles. The Morgan fingerprint density at radius 3 is 2.41 bits per heavy atom. The van der Waals surface area contributed by atoms with Gasteiger partial charge in [-0.25, -0.2) is 0 Å². The van der Waals surface area contributed by atoms with Crippen molar-refractivity contribution in [3.8, 4) is 0 Å². The van der Waals surface area contributed by atoms with Crippen molar-refractivity contribution in [3.05, 3.63) is 88.1 Å². The average Bonchev–Trinajstić information content (AvgIpc) is 3.22. The lowest BCUT2D eigenvalue weighted by molar-refractivity contribution is -0.118. The summed E-state index contributed by atoms with van der Waals surface area (Å²) in [5.74, 6) is -0.165. The first kappa shape index (κ1) is 18.9. The lowest BCUT2D eigenvalue weighted by atomic mass is 10.1. The maximum absolute atomic E-state index is 12.9. The van der Waals surface area contributed by atoms with E-state index in [1.807, 2.05) is 66.9 Å². The molecule has 3 rings (SSSR count). The van der Waals surface area contributed by atoms with E-state index in [2.05, 4.69) is 5.32 Å². The molecule has 1 N–H and O–H groups in total. The maximum atomic E-state index is 12.9. The number of aryl methyl sites for hydroxylation is 1. The number of hydrogen-bond donors (Lipinski definition) is 1. The van der Waals surface area contributed by atoms with Gasteiger partial charge in [0.25, 0.3) is 5.91 Å². The quantitative estimate of drug-likeness (QED) is 0.662. The number of benzene rings is 2. The molecule has 27 heavy (non-hydrogen) atoms. The number of nitrogens with zero attached hydrogens (tertiary/aromatic N) is 1. The van der Waals surface area contributed by atoms with Crippen molar-refractivity contribution in [1.29, 1.82) is 0 Å². The molecule has 0 unspecified atom stereocenters. The van der Waals surface area contributed by atoms with Gasteiger partial charge in [-0.1, -0.05) is 48.0 Å². The van der Waals surface area contributed by atoms with Crippen LogP contribution in [0.2, 0.25) is 0 Å². The first-order valence-corrected chi connectivity index (χ1v) is 9.79. The number of anilines is 1. The van der Waals surface area contributed by atoms with Gasteiger partial charge in [0.05, 0.1) is 6.54 Å². The number of rotatable bonds is 7. The van der Waals surface area contributed by atoms with E-state index in [4.69, 9.17) is 0 Å². The van der Waals surface area contributed by atoms with Crippen LogP contribution in [0.25, 0.3) is 0 Å². The molecule has 3 aromatic rings. The van der Waals surface area contributed by atoms with Crippen LogP contribution in [0.1, 0.15) is 27.9 Å². The van der Waals surface area contributed by atoms with Crippen LogP contribution in [0.5, 0.6) is 0 Å².